The van der Waals surface area contributed by atoms with Crippen LogP contribution in [0.4, 0.5) is 5.95 Å². The standard InChI is InChI=1S/C13H18N4OS/c1-2-10-4-6-11(7-5-10)18-8-3-9-19-13-15-12(14)16-17-13/h4-7H,2-3,8-9H2,1H3,(H3,14,15,16,17). The summed E-state index contributed by atoms with van der Waals surface area (Å²) in [4.78, 5) is 4.02. The third-order valence-corrected chi connectivity index (χ3v) is 3.54. The molecular weight excluding hydrogens is 260 g/mol. The maximum absolute atomic E-state index is 5.66. The van der Waals surface area contributed by atoms with Gasteiger partial charge in [-0.3, -0.25) is 0 Å². The highest BCUT2D eigenvalue weighted by Crippen LogP contribution is 2.15. The van der Waals surface area contributed by atoms with Crippen molar-refractivity contribution in [3.63, 3.8) is 0 Å². The first kappa shape index (κ1) is 13.7. The van der Waals surface area contributed by atoms with Gasteiger partial charge in [0.15, 0.2) is 0 Å². The Kier molecular flexibility index (Phi) is 5.09. The van der Waals surface area contributed by atoms with Crippen LogP contribution in [-0.4, -0.2) is 27.5 Å². The summed E-state index contributed by atoms with van der Waals surface area (Å²) in [7, 11) is 0. The van der Waals surface area contributed by atoms with E-state index < -0.39 is 0 Å². The van der Waals surface area contributed by atoms with E-state index in [2.05, 4.69) is 34.2 Å². The summed E-state index contributed by atoms with van der Waals surface area (Å²) in [5.41, 5.74) is 6.77. The molecule has 0 fully saturated rings. The number of hydrogen-bond donors (Lipinski definition) is 2. The van der Waals surface area contributed by atoms with Crippen LogP contribution in [0.25, 0.3) is 0 Å². The molecule has 6 heteroatoms. The highest BCUT2D eigenvalue weighted by atomic mass is 32.2. The van der Waals surface area contributed by atoms with Crippen LogP contribution >= 0.6 is 11.8 Å². The van der Waals surface area contributed by atoms with Crippen LogP contribution in [0.15, 0.2) is 29.4 Å². The van der Waals surface area contributed by atoms with E-state index in [9.17, 15) is 0 Å². The summed E-state index contributed by atoms with van der Waals surface area (Å²) in [6, 6.07) is 8.23. The Morgan fingerprint density at radius 2 is 2.11 bits per heavy atom. The predicted molar refractivity (Wildman–Crippen MR) is 77.5 cm³/mol. The van der Waals surface area contributed by atoms with E-state index in [1.807, 2.05) is 12.1 Å². The number of anilines is 1. The smallest absolute Gasteiger partial charge is 0.216 e. The molecule has 2 rings (SSSR count). The zero-order valence-electron chi connectivity index (χ0n) is 10.9. The van der Waals surface area contributed by atoms with Crippen molar-refractivity contribution in [1.29, 1.82) is 0 Å². The van der Waals surface area contributed by atoms with E-state index in [1.54, 1.807) is 11.8 Å². The lowest BCUT2D eigenvalue weighted by atomic mass is 10.2. The molecule has 0 aliphatic rings. The van der Waals surface area contributed by atoms with Gasteiger partial charge in [-0.15, -0.1) is 5.10 Å². The molecule has 2 aromatic rings. The van der Waals surface area contributed by atoms with Crippen molar-refractivity contribution in [3.05, 3.63) is 29.8 Å². The van der Waals surface area contributed by atoms with Crippen LogP contribution in [-0.2, 0) is 6.42 Å². The van der Waals surface area contributed by atoms with E-state index in [0.717, 1.165) is 24.3 Å². The molecule has 0 aliphatic carbocycles. The first-order valence-corrected chi connectivity index (χ1v) is 7.29. The number of aromatic nitrogens is 3. The molecule has 0 saturated heterocycles. The average Bonchev–Trinajstić information content (AvgIpc) is 2.85. The fraction of sp³-hybridized carbons (Fsp3) is 0.385. The number of nitrogens with zero attached hydrogens (tertiary/aromatic N) is 2. The van der Waals surface area contributed by atoms with Gasteiger partial charge >= 0.3 is 0 Å². The fourth-order valence-electron chi connectivity index (χ4n) is 1.56. The second-order valence-electron chi connectivity index (χ2n) is 4.05. The van der Waals surface area contributed by atoms with Crippen molar-refractivity contribution < 1.29 is 4.74 Å². The number of nitrogens with one attached hydrogen (secondary N) is 1. The summed E-state index contributed by atoms with van der Waals surface area (Å²) in [5.74, 6) is 2.18. The number of nitrogens with two attached hydrogens (primary N) is 1. The number of benzene rings is 1. The normalized spacial score (nSPS) is 10.6. The van der Waals surface area contributed by atoms with Crippen molar-refractivity contribution in [1.82, 2.24) is 15.2 Å². The highest BCUT2D eigenvalue weighted by Gasteiger charge is 2.00. The molecular formula is C13H18N4OS. The van der Waals surface area contributed by atoms with E-state index in [0.29, 0.717) is 17.7 Å². The van der Waals surface area contributed by atoms with E-state index in [-0.39, 0.29) is 0 Å². The van der Waals surface area contributed by atoms with Gasteiger partial charge in [0.1, 0.15) is 5.75 Å². The summed E-state index contributed by atoms with van der Waals surface area (Å²) < 4.78 is 5.66. The molecule has 0 radical (unpaired) electrons. The Bertz CT molecular complexity index is 498. The largest absolute Gasteiger partial charge is 0.494 e. The SMILES string of the molecule is CCc1ccc(OCCCSc2n[nH]c(N)n2)cc1. The summed E-state index contributed by atoms with van der Waals surface area (Å²) in [5, 5.41) is 7.25. The summed E-state index contributed by atoms with van der Waals surface area (Å²) in [6.07, 6.45) is 1.99. The molecule has 1 aromatic heterocycles. The zero-order chi connectivity index (χ0) is 13.5. The van der Waals surface area contributed by atoms with Gasteiger partial charge in [-0.1, -0.05) is 30.8 Å². The number of thioether (sulfide) groups is 1. The predicted octanol–water partition coefficient (Wildman–Crippen LogP) is 2.51. The highest BCUT2D eigenvalue weighted by molar-refractivity contribution is 7.99. The topological polar surface area (TPSA) is 76.8 Å². The van der Waals surface area contributed by atoms with Crippen molar-refractivity contribution >= 4 is 17.7 Å². The second-order valence-corrected chi connectivity index (χ2v) is 5.11. The maximum Gasteiger partial charge on any atom is 0.216 e. The first-order chi connectivity index (χ1) is 9.28. The molecule has 0 bridgehead atoms. The number of nitrogen functional groups attached to an aromatic ring is 1. The van der Waals surface area contributed by atoms with Gasteiger partial charge in [0.2, 0.25) is 11.1 Å². The lowest BCUT2D eigenvalue weighted by Gasteiger charge is -2.06. The Morgan fingerprint density at radius 1 is 1.32 bits per heavy atom. The van der Waals surface area contributed by atoms with Crippen LogP contribution < -0.4 is 10.5 Å². The molecule has 1 aromatic carbocycles. The monoisotopic (exact) mass is 278 g/mol. The Balaban J connectivity index is 1.63. The number of H-pyrrole nitrogens is 1. The van der Waals surface area contributed by atoms with Crippen LogP contribution in [0.3, 0.4) is 0 Å². The van der Waals surface area contributed by atoms with Crippen molar-refractivity contribution in [3.8, 4) is 5.75 Å². The van der Waals surface area contributed by atoms with Crippen LogP contribution in [0.5, 0.6) is 5.75 Å². The maximum atomic E-state index is 5.66. The fourth-order valence-corrected chi connectivity index (χ4v) is 2.27. The van der Waals surface area contributed by atoms with Crippen molar-refractivity contribution in [2.24, 2.45) is 0 Å². The minimum Gasteiger partial charge on any atom is -0.494 e. The Hall–Kier alpha value is -1.69. The van der Waals surface area contributed by atoms with Gasteiger partial charge in [0.05, 0.1) is 6.61 Å². The Labute approximate surface area is 117 Å². The molecule has 5 nitrogen and oxygen atoms in total. The lowest BCUT2D eigenvalue weighted by molar-refractivity contribution is 0.318. The molecule has 0 aliphatic heterocycles. The van der Waals surface area contributed by atoms with Gasteiger partial charge in [0.25, 0.3) is 0 Å². The molecule has 0 spiro atoms. The number of rotatable bonds is 7. The number of aromatic amines is 1. The third-order valence-electron chi connectivity index (χ3n) is 2.60. The molecule has 1 heterocycles. The molecule has 0 unspecified atom stereocenters. The van der Waals surface area contributed by atoms with Gasteiger partial charge in [-0.25, -0.2) is 5.10 Å². The molecule has 19 heavy (non-hydrogen) atoms. The molecule has 0 saturated carbocycles. The van der Waals surface area contributed by atoms with Crippen molar-refractivity contribution in [2.45, 2.75) is 24.9 Å². The summed E-state index contributed by atoms with van der Waals surface area (Å²) >= 11 is 1.57. The first-order valence-electron chi connectivity index (χ1n) is 6.30. The van der Waals surface area contributed by atoms with Crippen molar-refractivity contribution in [2.75, 3.05) is 18.1 Å². The second kappa shape index (κ2) is 7.04. The number of ether oxygens (including phenoxy) is 1. The minimum atomic E-state index is 0.356. The zero-order valence-corrected chi connectivity index (χ0v) is 11.7. The quantitative estimate of drug-likeness (QED) is 0.601. The third kappa shape index (κ3) is 4.48. The van der Waals surface area contributed by atoms with Gasteiger partial charge < -0.3 is 10.5 Å². The van der Waals surface area contributed by atoms with Crippen LogP contribution in [0.2, 0.25) is 0 Å². The summed E-state index contributed by atoms with van der Waals surface area (Å²) in [6.45, 7) is 2.83. The molecule has 102 valence electrons. The van der Waals surface area contributed by atoms with Crippen LogP contribution in [0.1, 0.15) is 18.9 Å². The van der Waals surface area contributed by atoms with Crippen LogP contribution in [0, 0.1) is 0 Å². The van der Waals surface area contributed by atoms with E-state index in [4.69, 9.17) is 10.5 Å². The van der Waals surface area contributed by atoms with Gasteiger partial charge in [-0.05, 0) is 30.5 Å². The molecule has 0 atom stereocenters. The Morgan fingerprint density at radius 3 is 2.74 bits per heavy atom. The molecule has 3 N–H and O–H groups in total. The van der Waals surface area contributed by atoms with Gasteiger partial charge in [-0.2, -0.15) is 4.98 Å². The number of aryl methyl sites for hydroxylation is 1. The lowest BCUT2D eigenvalue weighted by Crippen LogP contribution is -1.99. The van der Waals surface area contributed by atoms with E-state index >= 15 is 0 Å². The van der Waals surface area contributed by atoms with E-state index in [1.165, 1.54) is 5.56 Å². The minimum absolute atomic E-state index is 0.356. The van der Waals surface area contributed by atoms with Gasteiger partial charge in [0, 0.05) is 5.75 Å². The molecule has 0 amide bonds. The number of hydrogen-bond acceptors (Lipinski definition) is 5. The average molecular weight is 278 g/mol.